The second-order valence-electron chi connectivity index (χ2n) is 4.92. The number of halogens is 2. The molecule has 0 N–H and O–H groups in total. The smallest absolute Gasteiger partial charge is 0.227 e. The van der Waals surface area contributed by atoms with Crippen molar-refractivity contribution < 1.29 is 9.18 Å². The van der Waals surface area contributed by atoms with E-state index in [0.717, 1.165) is 43.5 Å². The molecule has 0 aliphatic carbocycles. The molecule has 19 heavy (non-hydrogen) atoms. The van der Waals surface area contributed by atoms with Crippen molar-refractivity contribution in [1.82, 2.24) is 0 Å². The van der Waals surface area contributed by atoms with Gasteiger partial charge < -0.3 is 4.90 Å². The number of benzene rings is 1. The number of hydrogen-bond acceptors (Lipinski definition) is 1. The summed E-state index contributed by atoms with van der Waals surface area (Å²) < 4.78 is 13.2. The minimum atomic E-state index is -0.227. The van der Waals surface area contributed by atoms with E-state index in [9.17, 15) is 9.18 Å². The minimum Gasteiger partial charge on any atom is -0.312 e. The molecule has 2 nitrogen and oxygen atoms in total. The number of aryl methyl sites for hydroxylation is 1. The number of carbonyl (C=O) groups is 1. The van der Waals surface area contributed by atoms with Crippen molar-refractivity contribution in [2.75, 3.05) is 17.3 Å². The first-order valence-corrected chi connectivity index (χ1v) is 7.40. The molecular weight excluding hydrogens is 265 g/mol. The minimum absolute atomic E-state index is 0.149. The van der Waals surface area contributed by atoms with Crippen molar-refractivity contribution in [3.63, 3.8) is 0 Å². The number of unbranched alkanes of at least 4 members (excludes halogenated alkanes) is 3. The number of anilines is 1. The Labute approximate surface area is 118 Å². The number of rotatable bonds is 6. The molecule has 1 amide bonds. The molecule has 0 atom stereocenters. The first-order valence-electron chi connectivity index (χ1n) is 6.87. The molecule has 4 heteroatoms. The van der Waals surface area contributed by atoms with Crippen LogP contribution in [0.1, 0.15) is 37.7 Å². The average molecular weight is 284 g/mol. The summed E-state index contributed by atoms with van der Waals surface area (Å²) in [5.74, 6) is 0.622. The van der Waals surface area contributed by atoms with E-state index in [2.05, 4.69) is 0 Å². The van der Waals surface area contributed by atoms with Crippen molar-refractivity contribution in [2.45, 2.75) is 38.5 Å². The van der Waals surface area contributed by atoms with Gasteiger partial charge >= 0.3 is 0 Å². The predicted octanol–water partition coefficient (Wildman–Crippen LogP) is 3.90. The number of alkyl halides is 1. The van der Waals surface area contributed by atoms with Crippen molar-refractivity contribution in [3.8, 4) is 0 Å². The van der Waals surface area contributed by atoms with Crippen LogP contribution in [-0.2, 0) is 11.2 Å². The van der Waals surface area contributed by atoms with Crippen molar-refractivity contribution in [2.24, 2.45) is 0 Å². The van der Waals surface area contributed by atoms with E-state index in [0.29, 0.717) is 18.7 Å². The molecule has 0 fully saturated rings. The average Bonchev–Trinajstić information content (AvgIpc) is 2.41. The van der Waals surface area contributed by atoms with E-state index in [4.69, 9.17) is 11.6 Å². The van der Waals surface area contributed by atoms with E-state index in [1.54, 1.807) is 17.0 Å². The zero-order chi connectivity index (χ0) is 13.7. The van der Waals surface area contributed by atoms with Gasteiger partial charge in [-0.15, -0.1) is 11.6 Å². The van der Waals surface area contributed by atoms with Crippen molar-refractivity contribution in [3.05, 3.63) is 29.6 Å². The summed E-state index contributed by atoms with van der Waals surface area (Å²) in [5, 5.41) is 0. The summed E-state index contributed by atoms with van der Waals surface area (Å²) in [6.45, 7) is 0.722. The second-order valence-corrected chi connectivity index (χ2v) is 5.30. The van der Waals surface area contributed by atoms with Gasteiger partial charge in [-0.25, -0.2) is 4.39 Å². The lowest BCUT2D eigenvalue weighted by atomic mass is 10.0. The predicted molar refractivity (Wildman–Crippen MR) is 76.3 cm³/mol. The summed E-state index contributed by atoms with van der Waals surface area (Å²) in [6.07, 6.45) is 5.30. The molecule has 0 spiro atoms. The van der Waals surface area contributed by atoms with Gasteiger partial charge in [0.15, 0.2) is 0 Å². The molecule has 1 heterocycles. The molecule has 1 aromatic carbocycles. The molecule has 1 aromatic rings. The lowest BCUT2D eigenvalue weighted by Gasteiger charge is -2.29. The molecule has 1 aliphatic heterocycles. The van der Waals surface area contributed by atoms with Crippen LogP contribution in [0.25, 0.3) is 0 Å². The normalized spacial score (nSPS) is 14.6. The maximum atomic E-state index is 13.2. The van der Waals surface area contributed by atoms with Crippen molar-refractivity contribution in [1.29, 1.82) is 0 Å². The summed E-state index contributed by atoms with van der Waals surface area (Å²) in [5.41, 5.74) is 1.83. The maximum absolute atomic E-state index is 13.2. The Hall–Kier alpha value is -1.09. The molecule has 0 saturated heterocycles. The highest BCUT2D eigenvalue weighted by Crippen LogP contribution is 2.28. The van der Waals surface area contributed by atoms with Crippen LogP contribution in [-0.4, -0.2) is 18.3 Å². The summed E-state index contributed by atoms with van der Waals surface area (Å²) in [6, 6.07) is 4.70. The van der Waals surface area contributed by atoms with Crippen LogP contribution < -0.4 is 4.90 Å². The highest BCUT2D eigenvalue weighted by molar-refractivity contribution is 6.17. The van der Waals surface area contributed by atoms with Crippen LogP contribution in [0, 0.1) is 5.82 Å². The van der Waals surface area contributed by atoms with E-state index in [-0.39, 0.29) is 11.7 Å². The van der Waals surface area contributed by atoms with Gasteiger partial charge in [0.2, 0.25) is 5.91 Å². The second kappa shape index (κ2) is 6.90. The number of amides is 1. The number of nitrogens with zero attached hydrogens (tertiary/aromatic N) is 1. The Balaban J connectivity index is 1.98. The van der Waals surface area contributed by atoms with Gasteiger partial charge in [0, 0.05) is 24.5 Å². The standard InChI is InChI=1S/C15H19ClFNO/c16-9-3-1-2-4-10-18-14-7-6-13(17)11-12(14)5-8-15(18)19/h6-7,11H,1-5,8-10H2. The Kier molecular flexibility index (Phi) is 5.20. The largest absolute Gasteiger partial charge is 0.312 e. The molecule has 0 aromatic heterocycles. The molecular formula is C15H19ClFNO. The third kappa shape index (κ3) is 3.69. The Morgan fingerprint density at radius 3 is 2.74 bits per heavy atom. The molecule has 2 rings (SSSR count). The zero-order valence-corrected chi connectivity index (χ0v) is 11.8. The van der Waals surface area contributed by atoms with E-state index in [1.807, 2.05) is 0 Å². The van der Waals surface area contributed by atoms with Crippen LogP contribution in [0.2, 0.25) is 0 Å². The fourth-order valence-corrected chi connectivity index (χ4v) is 2.68. The highest BCUT2D eigenvalue weighted by Gasteiger charge is 2.23. The lowest BCUT2D eigenvalue weighted by Crippen LogP contribution is -2.35. The third-order valence-corrected chi connectivity index (χ3v) is 3.77. The fourth-order valence-electron chi connectivity index (χ4n) is 2.49. The first-order chi connectivity index (χ1) is 9.22. The van der Waals surface area contributed by atoms with Crippen LogP contribution in [0.5, 0.6) is 0 Å². The van der Waals surface area contributed by atoms with Crippen LogP contribution >= 0.6 is 11.6 Å². The van der Waals surface area contributed by atoms with Crippen LogP contribution in [0.4, 0.5) is 10.1 Å². The van der Waals surface area contributed by atoms with Gasteiger partial charge in [0.05, 0.1) is 0 Å². The third-order valence-electron chi connectivity index (χ3n) is 3.51. The number of fused-ring (bicyclic) bond motifs is 1. The van der Waals surface area contributed by atoms with E-state index < -0.39 is 0 Å². The molecule has 0 radical (unpaired) electrons. The van der Waals surface area contributed by atoms with Gasteiger partial charge in [-0.1, -0.05) is 12.8 Å². The maximum Gasteiger partial charge on any atom is 0.227 e. The fraction of sp³-hybridized carbons (Fsp3) is 0.533. The molecule has 0 unspecified atom stereocenters. The lowest BCUT2D eigenvalue weighted by molar-refractivity contribution is -0.118. The van der Waals surface area contributed by atoms with Gasteiger partial charge in [0.25, 0.3) is 0 Å². The summed E-state index contributed by atoms with van der Waals surface area (Å²) in [7, 11) is 0. The molecule has 0 bridgehead atoms. The topological polar surface area (TPSA) is 20.3 Å². The first kappa shape index (κ1) is 14.3. The Morgan fingerprint density at radius 2 is 1.95 bits per heavy atom. The van der Waals surface area contributed by atoms with Gasteiger partial charge in [0.1, 0.15) is 5.82 Å². The monoisotopic (exact) mass is 283 g/mol. The SMILES string of the molecule is O=C1CCc2cc(F)ccc2N1CCCCCCCl. The Bertz CT molecular complexity index is 450. The van der Waals surface area contributed by atoms with Crippen molar-refractivity contribution >= 4 is 23.2 Å². The number of carbonyl (C=O) groups excluding carboxylic acids is 1. The van der Waals surface area contributed by atoms with Crippen LogP contribution in [0.3, 0.4) is 0 Å². The Morgan fingerprint density at radius 1 is 1.16 bits per heavy atom. The number of hydrogen-bond donors (Lipinski definition) is 0. The summed E-state index contributed by atoms with van der Waals surface area (Å²) >= 11 is 5.63. The van der Waals surface area contributed by atoms with Gasteiger partial charge in [-0.05, 0) is 43.0 Å². The van der Waals surface area contributed by atoms with Gasteiger partial charge in [-0.3, -0.25) is 4.79 Å². The van der Waals surface area contributed by atoms with E-state index in [1.165, 1.54) is 6.07 Å². The molecule has 0 saturated carbocycles. The van der Waals surface area contributed by atoms with Crippen LogP contribution in [0.15, 0.2) is 18.2 Å². The van der Waals surface area contributed by atoms with Gasteiger partial charge in [-0.2, -0.15) is 0 Å². The quantitative estimate of drug-likeness (QED) is 0.573. The molecule has 1 aliphatic rings. The zero-order valence-electron chi connectivity index (χ0n) is 11.0. The van der Waals surface area contributed by atoms with E-state index >= 15 is 0 Å². The summed E-state index contributed by atoms with van der Waals surface area (Å²) in [4.78, 5) is 13.8. The highest BCUT2D eigenvalue weighted by atomic mass is 35.5. The molecule has 104 valence electrons.